The number of thiazole rings is 1. The summed E-state index contributed by atoms with van der Waals surface area (Å²) in [5.41, 5.74) is 4.55. The van der Waals surface area contributed by atoms with Crippen molar-refractivity contribution in [3.8, 4) is 11.4 Å². The van der Waals surface area contributed by atoms with Crippen molar-refractivity contribution in [1.82, 2.24) is 25.1 Å². The summed E-state index contributed by atoms with van der Waals surface area (Å²) in [5.74, 6) is -0.233. The standard InChI is InChI=1S/C16H16N6OS/c1-8-6-24-15(19-8)20-14(23)13-10-12(21-22-13)11-9(4-16(10,2)3)5-17-7-18-11/h5-7H,4H2,1-3H3,(H,21,22)(H,19,20,23). The third kappa shape index (κ3) is 2.30. The second-order valence-corrected chi connectivity index (χ2v) is 7.39. The molecule has 122 valence electrons. The zero-order valence-electron chi connectivity index (χ0n) is 13.5. The lowest BCUT2D eigenvalue weighted by atomic mass is 9.73. The summed E-state index contributed by atoms with van der Waals surface area (Å²) in [6.45, 7) is 6.09. The van der Waals surface area contributed by atoms with Crippen LogP contribution in [-0.2, 0) is 11.8 Å². The van der Waals surface area contributed by atoms with Gasteiger partial charge in [0, 0.05) is 17.1 Å². The maximum Gasteiger partial charge on any atom is 0.275 e. The van der Waals surface area contributed by atoms with Gasteiger partial charge in [-0.25, -0.2) is 15.0 Å². The van der Waals surface area contributed by atoms with Crippen LogP contribution in [0, 0.1) is 6.92 Å². The first-order valence-electron chi connectivity index (χ1n) is 7.57. The molecule has 0 unspecified atom stereocenters. The maximum absolute atomic E-state index is 12.7. The van der Waals surface area contributed by atoms with Crippen LogP contribution in [0.15, 0.2) is 17.9 Å². The SMILES string of the molecule is Cc1csc(NC(=O)c2[nH]nc3c2C(C)(C)Cc2cncnc2-3)n1. The number of aryl methyl sites for hydroxylation is 1. The molecular weight excluding hydrogens is 324 g/mol. The van der Waals surface area contributed by atoms with Crippen LogP contribution in [0.4, 0.5) is 5.13 Å². The largest absolute Gasteiger partial charge is 0.296 e. The van der Waals surface area contributed by atoms with Gasteiger partial charge >= 0.3 is 0 Å². The van der Waals surface area contributed by atoms with E-state index in [0.29, 0.717) is 10.8 Å². The normalized spacial score (nSPS) is 14.8. The average molecular weight is 340 g/mol. The monoisotopic (exact) mass is 340 g/mol. The lowest BCUT2D eigenvalue weighted by molar-refractivity contribution is 0.102. The van der Waals surface area contributed by atoms with Gasteiger partial charge in [0.15, 0.2) is 5.13 Å². The number of anilines is 1. The first-order chi connectivity index (χ1) is 11.5. The molecule has 4 rings (SSSR count). The molecule has 1 aliphatic carbocycles. The van der Waals surface area contributed by atoms with E-state index in [1.165, 1.54) is 17.7 Å². The molecule has 0 bridgehead atoms. The van der Waals surface area contributed by atoms with E-state index in [4.69, 9.17) is 0 Å². The summed E-state index contributed by atoms with van der Waals surface area (Å²) in [4.78, 5) is 25.4. The molecule has 0 saturated carbocycles. The molecule has 0 saturated heterocycles. The molecule has 0 atom stereocenters. The number of hydrogen-bond acceptors (Lipinski definition) is 6. The number of nitrogens with zero attached hydrogens (tertiary/aromatic N) is 4. The number of carbonyl (C=O) groups excluding carboxylic acids is 1. The maximum atomic E-state index is 12.7. The minimum Gasteiger partial charge on any atom is -0.296 e. The van der Waals surface area contributed by atoms with Gasteiger partial charge in [0.1, 0.15) is 17.7 Å². The van der Waals surface area contributed by atoms with E-state index in [2.05, 4.69) is 44.3 Å². The molecule has 7 nitrogen and oxygen atoms in total. The van der Waals surface area contributed by atoms with Crippen molar-refractivity contribution in [2.45, 2.75) is 32.6 Å². The number of carbonyl (C=O) groups is 1. The van der Waals surface area contributed by atoms with Crippen LogP contribution in [0.2, 0.25) is 0 Å². The first-order valence-corrected chi connectivity index (χ1v) is 8.45. The van der Waals surface area contributed by atoms with Gasteiger partial charge in [0.05, 0.1) is 11.4 Å². The highest BCUT2D eigenvalue weighted by Crippen LogP contribution is 2.42. The quantitative estimate of drug-likeness (QED) is 0.748. The van der Waals surface area contributed by atoms with Gasteiger partial charge in [0.25, 0.3) is 5.91 Å². The van der Waals surface area contributed by atoms with Crippen molar-refractivity contribution in [2.24, 2.45) is 0 Å². The summed E-state index contributed by atoms with van der Waals surface area (Å²) >= 11 is 1.40. The van der Waals surface area contributed by atoms with Crippen molar-refractivity contribution < 1.29 is 4.79 Å². The van der Waals surface area contributed by atoms with E-state index in [9.17, 15) is 4.79 Å². The highest BCUT2D eigenvalue weighted by molar-refractivity contribution is 7.13. The summed E-state index contributed by atoms with van der Waals surface area (Å²) in [6, 6.07) is 0. The Hall–Kier alpha value is -2.61. The van der Waals surface area contributed by atoms with Crippen LogP contribution in [0.5, 0.6) is 0 Å². The van der Waals surface area contributed by atoms with Gasteiger partial charge in [-0.05, 0) is 24.3 Å². The molecule has 3 heterocycles. The Morgan fingerprint density at radius 3 is 2.96 bits per heavy atom. The molecule has 1 aliphatic rings. The smallest absolute Gasteiger partial charge is 0.275 e. The van der Waals surface area contributed by atoms with Gasteiger partial charge in [-0.15, -0.1) is 11.3 Å². The van der Waals surface area contributed by atoms with Crippen LogP contribution in [0.3, 0.4) is 0 Å². The van der Waals surface area contributed by atoms with Gasteiger partial charge in [-0.3, -0.25) is 15.2 Å². The van der Waals surface area contributed by atoms with Gasteiger partial charge in [0.2, 0.25) is 0 Å². The highest BCUT2D eigenvalue weighted by atomic mass is 32.1. The summed E-state index contributed by atoms with van der Waals surface area (Å²) in [7, 11) is 0. The molecule has 8 heteroatoms. The fraction of sp³-hybridized carbons (Fsp3) is 0.312. The number of nitrogens with one attached hydrogen (secondary N) is 2. The second-order valence-electron chi connectivity index (χ2n) is 6.53. The van der Waals surface area contributed by atoms with Crippen LogP contribution in [-0.4, -0.2) is 31.1 Å². The number of aromatic nitrogens is 5. The number of H-pyrrole nitrogens is 1. The fourth-order valence-corrected chi connectivity index (χ4v) is 3.86. The van der Waals surface area contributed by atoms with Crippen LogP contribution in [0.1, 0.15) is 41.2 Å². The predicted molar refractivity (Wildman–Crippen MR) is 91.1 cm³/mol. The molecule has 0 aromatic carbocycles. The number of rotatable bonds is 2. The number of aromatic amines is 1. The zero-order chi connectivity index (χ0) is 16.9. The minimum absolute atomic E-state index is 0.233. The molecule has 3 aromatic rings. The molecule has 3 aromatic heterocycles. The van der Waals surface area contributed by atoms with E-state index < -0.39 is 0 Å². The van der Waals surface area contributed by atoms with Gasteiger partial charge in [-0.1, -0.05) is 13.8 Å². The second kappa shape index (κ2) is 5.20. The van der Waals surface area contributed by atoms with E-state index in [-0.39, 0.29) is 11.3 Å². The molecular formula is C16H16N6OS. The molecule has 0 spiro atoms. The summed E-state index contributed by atoms with van der Waals surface area (Å²) < 4.78 is 0. The lowest BCUT2D eigenvalue weighted by Gasteiger charge is -2.30. The number of amides is 1. The van der Waals surface area contributed by atoms with E-state index >= 15 is 0 Å². The molecule has 1 amide bonds. The van der Waals surface area contributed by atoms with Gasteiger partial charge < -0.3 is 0 Å². The Morgan fingerprint density at radius 2 is 2.21 bits per heavy atom. The van der Waals surface area contributed by atoms with Crippen molar-refractivity contribution in [3.63, 3.8) is 0 Å². The Kier molecular flexibility index (Phi) is 3.24. The number of fused-ring (bicyclic) bond motifs is 3. The van der Waals surface area contributed by atoms with E-state index in [0.717, 1.165) is 34.6 Å². The van der Waals surface area contributed by atoms with E-state index in [1.807, 2.05) is 18.5 Å². The highest BCUT2D eigenvalue weighted by Gasteiger charge is 2.38. The predicted octanol–water partition coefficient (Wildman–Crippen LogP) is 2.72. The molecule has 2 N–H and O–H groups in total. The first kappa shape index (κ1) is 14.9. The Morgan fingerprint density at radius 1 is 1.38 bits per heavy atom. The van der Waals surface area contributed by atoms with Crippen molar-refractivity contribution in [3.05, 3.63) is 40.4 Å². The van der Waals surface area contributed by atoms with Crippen LogP contribution < -0.4 is 5.32 Å². The van der Waals surface area contributed by atoms with Crippen molar-refractivity contribution in [2.75, 3.05) is 5.32 Å². The molecule has 0 radical (unpaired) electrons. The summed E-state index contributed by atoms with van der Waals surface area (Å²) in [6.07, 6.45) is 4.08. The van der Waals surface area contributed by atoms with Crippen molar-refractivity contribution >= 4 is 22.4 Å². The molecule has 24 heavy (non-hydrogen) atoms. The Balaban J connectivity index is 1.78. The fourth-order valence-electron chi connectivity index (χ4n) is 3.17. The number of hydrogen-bond donors (Lipinski definition) is 2. The van der Waals surface area contributed by atoms with Crippen molar-refractivity contribution in [1.29, 1.82) is 0 Å². The van der Waals surface area contributed by atoms with Crippen LogP contribution >= 0.6 is 11.3 Å². The molecule has 0 aliphatic heterocycles. The Labute approximate surface area is 142 Å². The third-order valence-electron chi connectivity index (χ3n) is 4.15. The molecule has 0 fully saturated rings. The zero-order valence-corrected chi connectivity index (χ0v) is 14.4. The average Bonchev–Trinajstić information content (AvgIpc) is 3.14. The van der Waals surface area contributed by atoms with E-state index in [1.54, 1.807) is 0 Å². The summed E-state index contributed by atoms with van der Waals surface area (Å²) in [5, 5.41) is 12.6. The topological polar surface area (TPSA) is 96.5 Å². The minimum atomic E-state index is -0.245. The van der Waals surface area contributed by atoms with Crippen LogP contribution in [0.25, 0.3) is 11.4 Å². The third-order valence-corrected chi connectivity index (χ3v) is 5.03. The Bertz CT molecular complexity index is 942. The van der Waals surface area contributed by atoms with Gasteiger partial charge in [-0.2, -0.15) is 5.10 Å². The lowest BCUT2D eigenvalue weighted by Crippen LogP contribution is -2.29.